The molecule has 1 aromatic carbocycles. The molecule has 34 heavy (non-hydrogen) atoms. The third kappa shape index (κ3) is 4.86. The van der Waals surface area contributed by atoms with Crippen LogP contribution in [-0.4, -0.2) is 47.1 Å². The lowest BCUT2D eigenvalue weighted by Crippen LogP contribution is -2.55. The Hall–Kier alpha value is -3.53. The maximum absolute atomic E-state index is 13.0. The number of pyridine rings is 1. The second-order valence-electron chi connectivity index (χ2n) is 8.56. The molecule has 174 valence electrons. The Morgan fingerprint density at radius 1 is 1.18 bits per heavy atom. The maximum Gasteiger partial charge on any atom is 0.319 e. The van der Waals surface area contributed by atoms with Crippen molar-refractivity contribution >= 4 is 28.4 Å². The van der Waals surface area contributed by atoms with Crippen molar-refractivity contribution in [3.05, 3.63) is 64.5 Å². The summed E-state index contributed by atoms with van der Waals surface area (Å²) in [6.45, 7) is 4.94. The molecule has 2 aliphatic rings. The van der Waals surface area contributed by atoms with Gasteiger partial charge in [0.05, 0.1) is 23.4 Å². The van der Waals surface area contributed by atoms with Gasteiger partial charge >= 0.3 is 6.03 Å². The standard InChI is InChI=1S/C25H27N7OS/c1-16-11-20(12-17(2)29-16)22-21(19-6-4-5-18(13-19)14-26)30-23(34-22)31-24(33)32-9-7-25(15-27,28-3)8-10-32/h4-6,11-13,23,28,30H,7-10H2,1-3H3,(H,31,33). The number of carbonyl (C=O) groups excluding carboxylic acids is 1. The minimum Gasteiger partial charge on any atom is -0.355 e. The van der Waals surface area contributed by atoms with Gasteiger partial charge in [-0.3, -0.25) is 4.98 Å². The lowest BCUT2D eigenvalue weighted by Gasteiger charge is -2.37. The van der Waals surface area contributed by atoms with Crippen molar-refractivity contribution in [3.63, 3.8) is 0 Å². The van der Waals surface area contributed by atoms with E-state index in [1.54, 1.807) is 18.0 Å². The monoisotopic (exact) mass is 473 g/mol. The highest BCUT2D eigenvalue weighted by atomic mass is 32.2. The van der Waals surface area contributed by atoms with Crippen LogP contribution < -0.4 is 16.0 Å². The van der Waals surface area contributed by atoms with Crippen molar-refractivity contribution in [3.8, 4) is 12.1 Å². The van der Waals surface area contributed by atoms with E-state index in [9.17, 15) is 15.3 Å². The summed E-state index contributed by atoms with van der Waals surface area (Å²) in [7, 11) is 1.79. The zero-order chi connectivity index (χ0) is 24.3. The minimum atomic E-state index is -0.568. The van der Waals surface area contributed by atoms with E-state index in [4.69, 9.17) is 0 Å². The lowest BCUT2D eigenvalue weighted by atomic mass is 9.89. The molecule has 9 heteroatoms. The fourth-order valence-corrected chi connectivity index (χ4v) is 5.44. The van der Waals surface area contributed by atoms with Gasteiger partial charge in [-0.05, 0) is 63.6 Å². The van der Waals surface area contributed by atoms with Crippen LogP contribution in [-0.2, 0) is 0 Å². The second kappa shape index (κ2) is 9.76. The Morgan fingerprint density at radius 2 is 1.88 bits per heavy atom. The average Bonchev–Trinajstić information content (AvgIpc) is 3.27. The molecule has 2 aliphatic heterocycles. The molecule has 4 rings (SSSR count). The van der Waals surface area contributed by atoms with Gasteiger partial charge in [-0.1, -0.05) is 23.9 Å². The number of benzene rings is 1. The van der Waals surface area contributed by atoms with Gasteiger partial charge in [0.1, 0.15) is 5.54 Å². The SMILES string of the molecule is CNC1(C#N)CCN(C(=O)NC2NC(c3cccc(C#N)c3)=C(c3cc(C)nc(C)c3)S2)CC1. The minimum absolute atomic E-state index is 0.166. The van der Waals surface area contributed by atoms with E-state index in [0.29, 0.717) is 31.5 Å². The molecule has 0 aliphatic carbocycles. The fraction of sp³-hybridized carbons (Fsp3) is 0.360. The number of likely N-dealkylation sites (tertiary alicyclic amines) is 1. The summed E-state index contributed by atoms with van der Waals surface area (Å²) in [4.78, 5) is 20.3. The zero-order valence-corrected chi connectivity index (χ0v) is 20.3. The van der Waals surface area contributed by atoms with Crippen molar-refractivity contribution in [1.82, 2.24) is 25.8 Å². The van der Waals surface area contributed by atoms with Crippen molar-refractivity contribution < 1.29 is 4.79 Å². The summed E-state index contributed by atoms with van der Waals surface area (Å²) in [5.74, 6) is 0. The number of nitrogens with one attached hydrogen (secondary N) is 3. The van der Waals surface area contributed by atoms with Gasteiger partial charge in [0.25, 0.3) is 0 Å². The van der Waals surface area contributed by atoms with Gasteiger partial charge < -0.3 is 20.9 Å². The Bertz CT molecular complexity index is 1200. The van der Waals surface area contributed by atoms with E-state index in [0.717, 1.165) is 33.1 Å². The number of urea groups is 1. The smallest absolute Gasteiger partial charge is 0.319 e. The first-order valence-corrected chi connectivity index (χ1v) is 12.0. The van der Waals surface area contributed by atoms with E-state index in [-0.39, 0.29) is 11.5 Å². The van der Waals surface area contributed by atoms with Crippen LogP contribution in [0, 0.1) is 36.5 Å². The predicted molar refractivity (Wildman–Crippen MR) is 133 cm³/mol. The maximum atomic E-state index is 13.0. The molecule has 0 spiro atoms. The number of rotatable bonds is 4. The second-order valence-corrected chi connectivity index (χ2v) is 9.67. The number of hydrogen-bond donors (Lipinski definition) is 3. The number of aromatic nitrogens is 1. The Morgan fingerprint density at radius 3 is 2.50 bits per heavy atom. The predicted octanol–water partition coefficient (Wildman–Crippen LogP) is 3.30. The lowest BCUT2D eigenvalue weighted by molar-refractivity contribution is 0.164. The first-order valence-electron chi connectivity index (χ1n) is 11.2. The third-order valence-electron chi connectivity index (χ3n) is 6.21. The number of piperidine rings is 1. The molecule has 0 saturated carbocycles. The van der Waals surface area contributed by atoms with Gasteiger partial charge in [-0.2, -0.15) is 10.5 Å². The van der Waals surface area contributed by atoms with Crippen LogP contribution >= 0.6 is 11.8 Å². The molecule has 0 radical (unpaired) electrons. The van der Waals surface area contributed by atoms with Crippen LogP contribution in [0.5, 0.6) is 0 Å². The molecule has 3 N–H and O–H groups in total. The van der Waals surface area contributed by atoms with Crippen LogP contribution in [0.3, 0.4) is 0 Å². The van der Waals surface area contributed by atoms with Gasteiger partial charge in [0, 0.05) is 34.9 Å². The van der Waals surface area contributed by atoms with Gasteiger partial charge in [0.15, 0.2) is 5.50 Å². The molecule has 1 fully saturated rings. The molecule has 2 amide bonds. The number of hydrogen-bond acceptors (Lipinski definition) is 7. The van der Waals surface area contributed by atoms with Crippen LogP contribution in [0.15, 0.2) is 36.4 Å². The summed E-state index contributed by atoms with van der Waals surface area (Å²) < 4.78 is 0. The highest BCUT2D eigenvalue weighted by molar-refractivity contribution is 8.09. The molecular formula is C25H27N7OS. The van der Waals surface area contributed by atoms with Crippen molar-refractivity contribution in [2.45, 2.75) is 37.7 Å². The highest BCUT2D eigenvalue weighted by Crippen LogP contribution is 2.42. The van der Waals surface area contributed by atoms with E-state index in [1.165, 1.54) is 11.8 Å². The summed E-state index contributed by atoms with van der Waals surface area (Å²) >= 11 is 1.53. The summed E-state index contributed by atoms with van der Waals surface area (Å²) in [6.07, 6.45) is 1.17. The fourth-order valence-electron chi connectivity index (χ4n) is 4.32. The number of nitrogens with zero attached hydrogens (tertiary/aromatic N) is 4. The van der Waals surface area contributed by atoms with E-state index >= 15 is 0 Å². The Balaban J connectivity index is 1.55. The highest BCUT2D eigenvalue weighted by Gasteiger charge is 2.36. The number of nitriles is 2. The van der Waals surface area contributed by atoms with Gasteiger partial charge in [-0.25, -0.2) is 4.79 Å². The summed E-state index contributed by atoms with van der Waals surface area (Å²) in [5.41, 5.74) is 4.24. The molecule has 2 aromatic rings. The normalized spacial score (nSPS) is 19.2. The topological polar surface area (TPSA) is 117 Å². The zero-order valence-electron chi connectivity index (χ0n) is 19.5. The van der Waals surface area contributed by atoms with Crippen molar-refractivity contribution in [2.75, 3.05) is 20.1 Å². The molecular weight excluding hydrogens is 446 g/mol. The Kier molecular flexibility index (Phi) is 6.78. The van der Waals surface area contributed by atoms with Gasteiger partial charge in [0.2, 0.25) is 0 Å². The largest absolute Gasteiger partial charge is 0.355 e. The molecule has 1 atom stereocenters. The van der Waals surface area contributed by atoms with E-state index in [2.05, 4.69) is 33.1 Å². The third-order valence-corrected chi connectivity index (χ3v) is 7.36. The quantitative estimate of drug-likeness (QED) is 0.624. The van der Waals surface area contributed by atoms with Crippen LogP contribution in [0.1, 0.15) is 40.9 Å². The van der Waals surface area contributed by atoms with Crippen LogP contribution in [0.4, 0.5) is 4.79 Å². The number of amides is 2. The molecule has 8 nitrogen and oxygen atoms in total. The molecule has 1 unspecified atom stereocenters. The Labute approximate surface area is 204 Å². The molecule has 1 saturated heterocycles. The summed E-state index contributed by atoms with van der Waals surface area (Å²) in [6, 6.07) is 15.9. The molecule has 3 heterocycles. The van der Waals surface area contributed by atoms with Gasteiger partial charge in [-0.15, -0.1) is 0 Å². The van der Waals surface area contributed by atoms with Crippen molar-refractivity contribution in [1.29, 1.82) is 10.5 Å². The van der Waals surface area contributed by atoms with Crippen LogP contribution in [0.25, 0.3) is 10.6 Å². The summed E-state index contributed by atoms with van der Waals surface area (Å²) in [5, 5.41) is 28.5. The van der Waals surface area contributed by atoms with E-state index < -0.39 is 5.54 Å². The first-order chi connectivity index (χ1) is 16.4. The molecule has 1 aromatic heterocycles. The average molecular weight is 474 g/mol. The van der Waals surface area contributed by atoms with E-state index in [1.807, 2.05) is 44.2 Å². The number of carbonyl (C=O) groups is 1. The first kappa shape index (κ1) is 23.6. The molecule has 0 bridgehead atoms. The number of thioether (sulfide) groups is 1. The van der Waals surface area contributed by atoms with Crippen LogP contribution in [0.2, 0.25) is 0 Å². The number of aryl methyl sites for hydroxylation is 2. The van der Waals surface area contributed by atoms with Crippen molar-refractivity contribution in [2.24, 2.45) is 0 Å².